The van der Waals surface area contributed by atoms with Crippen LogP contribution in [0.4, 0.5) is 52.7 Å². The molecule has 0 heterocycles. The largest absolute Gasteiger partial charge is 0.453 e. The van der Waals surface area contributed by atoms with Crippen LogP contribution in [0, 0.1) is 0 Å². The lowest BCUT2D eigenvalue weighted by Gasteiger charge is -2.34. The topological polar surface area (TPSA) is 57.2 Å². The molecule has 0 aliphatic rings. The fraction of sp³-hybridized carbons (Fsp3) is 1.00. The van der Waals surface area contributed by atoms with Crippen molar-refractivity contribution in [1.82, 2.24) is 0 Å². The number of ether oxygens (including phenoxy) is 4. The van der Waals surface area contributed by atoms with E-state index in [4.69, 9.17) is 5.11 Å². The van der Waals surface area contributed by atoms with Gasteiger partial charge in [0.05, 0.1) is 0 Å². The minimum atomic E-state index is -6.93. The highest BCUT2D eigenvalue weighted by molar-refractivity contribution is 4.77. The van der Waals surface area contributed by atoms with E-state index in [1.165, 1.54) is 51.4 Å². The predicted molar refractivity (Wildman–Crippen MR) is 130 cm³/mol. The molecule has 5 nitrogen and oxygen atoms in total. The summed E-state index contributed by atoms with van der Waals surface area (Å²) in [6.45, 7) is -2.91. The summed E-state index contributed by atoms with van der Waals surface area (Å²) in [5.41, 5.74) is 0. The van der Waals surface area contributed by atoms with E-state index in [1.807, 2.05) is 4.74 Å². The van der Waals surface area contributed by atoms with Gasteiger partial charge in [0, 0.05) is 6.61 Å². The molecular weight excluding hydrogens is 620 g/mol. The van der Waals surface area contributed by atoms with E-state index in [9.17, 15) is 52.7 Å². The first-order chi connectivity index (χ1) is 19.7. The zero-order valence-corrected chi connectivity index (χ0v) is 24.1. The summed E-state index contributed by atoms with van der Waals surface area (Å²) in [7, 11) is 0. The molecule has 43 heavy (non-hydrogen) atoms. The number of rotatable bonds is 28. The second-order valence-electron chi connectivity index (χ2n) is 10.2. The predicted octanol–water partition coefficient (Wildman–Crippen LogP) is 9.86. The normalized spacial score (nSPS) is 14.1. The monoisotopic (exact) mass is 662 g/mol. The third-order valence-corrected chi connectivity index (χ3v) is 6.09. The van der Waals surface area contributed by atoms with E-state index in [1.54, 1.807) is 0 Å². The maximum Gasteiger partial charge on any atom is 0.453 e. The Kier molecular flexibility index (Phi) is 19.0. The molecule has 0 aromatic rings. The molecule has 0 saturated heterocycles. The van der Waals surface area contributed by atoms with Gasteiger partial charge in [-0.25, -0.2) is 14.2 Å². The number of aliphatic hydroxyl groups is 1. The molecule has 0 aliphatic carbocycles. The first-order valence-corrected chi connectivity index (χ1v) is 14.3. The third-order valence-electron chi connectivity index (χ3n) is 6.09. The van der Waals surface area contributed by atoms with Gasteiger partial charge in [0.2, 0.25) is 0 Å². The lowest BCUT2D eigenvalue weighted by Crippen LogP contribution is -2.58. The molecular formula is C26H42F12O5. The molecule has 0 radical (unpaired) electrons. The van der Waals surface area contributed by atoms with E-state index < -0.39 is 56.5 Å². The van der Waals surface area contributed by atoms with Crippen molar-refractivity contribution in [2.45, 2.75) is 146 Å². The first kappa shape index (κ1) is 42.0. The lowest BCUT2D eigenvalue weighted by molar-refractivity contribution is -0.558. The molecule has 0 spiro atoms. The van der Waals surface area contributed by atoms with Gasteiger partial charge in [0.25, 0.3) is 0 Å². The van der Waals surface area contributed by atoms with Crippen molar-refractivity contribution in [1.29, 1.82) is 0 Å². The van der Waals surface area contributed by atoms with Gasteiger partial charge in [-0.1, -0.05) is 103 Å². The second-order valence-corrected chi connectivity index (χ2v) is 10.2. The Morgan fingerprint density at radius 2 is 0.721 bits per heavy atom. The second kappa shape index (κ2) is 19.5. The maximum absolute atomic E-state index is 13.6. The van der Waals surface area contributed by atoms with Crippen molar-refractivity contribution in [3.8, 4) is 0 Å². The summed E-state index contributed by atoms with van der Waals surface area (Å²) in [6.07, 6.45) is -21.3. The number of aliphatic hydroxyl groups excluding tert-OH is 1. The standard InChI is InChI=1S/C26H42F12O5/c1-2-3-4-5-6-7-8-9-10-11-12-13-14-15-16-17-18-40-20-22(29,30)42-24(33,34)26(37,38)43-25(35,36)23(31,32)41-21(27,28)19-39/h39H,2-20H2,1H3. The van der Waals surface area contributed by atoms with Crippen molar-refractivity contribution in [3.05, 3.63) is 0 Å². The molecule has 260 valence electrons. The minimum absolute atomic E-state index is 0.198. The lowest BCUT2D eigenvalue weighted by atomic mass is 10.0. The van der Waals surface area contributed by atoms with Crippen LogP contribution < -0.4 is 0 Å². The molecule has 0 amide bonds. The highest BCUT2D eigenvalue weighted by atomic mass is 19.4. The number of hydrogen-bond donors (Lipinski definition) is 1. The Hall–Kier alpha value is -1.04. The van der Waals surface area contributed by atoms with Gasteiger partial charge in [-0.2, -0.15) is 52.7 Å². The van der Waals surface area contributed by atoms with Crippen LogP contribution in [0.3, 0.4) is 0 Å². The number of alkyl halides is 12. The van der Waals surface area contributed by atoms with Crippen LogP contribution in [0.25, 0.3) is 0 Å². The van der Waals surface area contributed by atoms with Gasteiger partial charge in [0.1, 0.15) is 13.2 Å². The SMILES string of the molecule is CCCCCCCCCCCCCCCCCCOCC(F)(F)OC(F)(F)C(F)(F)OC(F)(F)C(F)(F)OC(F)(F)CO. The molecule has 0 aromatic heterocycles. The molecule has 0 bridgehead atoms. The van der Waals surface area contributed by atoms with Crippen LogP contribution in [0.15, 0.2) is 0 Å². The Bertz CT molecular complexity index is 727. The van der Waals surface area contributed by atoms with Crippen LogP contribution in [0.1, 0.15) is 110 Å². The van der Waals surface area contributed by atoms with E-state index in [2.05, 4.69) is 21.1 Å². The van der Waals surface area contributed by atoms with Crippen LogP contribution in [0.2, 0.25) is 0 Å². The Morgan fingerprint density at radius 3 is 1.07 bits per heavy atom. The summed E-state index contributed by atoms with van der Waals surface area (Å²) >= 11 is 0. The van der Waals surface area contributed by atoms with Gasteiger partial charge in [-0.15, -0.1) is 0 Å². The van der Waals surface area contributed by atoms with E-state index in [0.717, 1.165) is 38.5 Å². The van der Waals surface area contributed by atoms with Crippen molar-refractivity contribution in [2.24, 2.45) is 0 Å². The molecule has 0 rings (SSSR count). The van der Waals surface area contributed by atoms with Crippen molar-refractivity contribution in [3.63, 3.8) is 0 Å². The Morgan fingerprint density at radius 1 is 0.419 bits per heavy atom. The summed E-state index contributed by atoms with van der Waals surface area (Å²) in [4.78, 5) is 0. The molecule has 0 aliphatic heterocycles. The zero-order chi connectivity index (χ0) is 33.3. The molecule has 0 unspecified atom stereocenters. The minimum Gasteiger partial charge on any atom is -0.387 e. The van der Waals surface area contributed by atoms with Gasteiger partial charge >= 0.3 is 36.7 Å². The number of unbranched alkanes of at least 4 members (excludes halogenated alkanes) is 15. The Balaban J connectivity index is 4.25. The first-order valence-electron chi connectivity index (χ1n) is 14.3. The highest BCUT2D eigenvalue weighted by Gasteiger charge is 2.74. The summed E-state index contributed by atoms with van der Waals surface area (Å²) in [6, 6.07) is 0. The van der Waals surface area contributed by atoms with Gasteiger partial charge < -0.3 is 9.84 Å². The van der Waals surface area contributed by atoms with Crippen molar-refractivity contribution in [2.75, 3.05) is 19.8 Å². The van der Waals surface area contributed by atoms with E-state index in [-0.39, 0.29) is 6.42 Å². The van der Waals surface area contributed by atoms with Gasteiger partial charge in [0.15, 0.2) is 0 Å². The van der Waals surface area contributed by atoms with E-state index >= 15 is 0 Å². The van der Waals surface area contributed by atoms with Crippen LogP contribution in [-0.2, 0) is 18.9 Å². The highest BCUT2D eigenvalue weighted by Crippen LogP contribution is 2.48. The molecule has 0 fully saturated rings. The summed E-state index contributed by atoms with van der Waals surface area (Å²) in [5, 5.41) is 8.06. The fourth-order valence-corrected chi connectivity index (χ4v) is 3.78. The van der Waals surface area contributed by atoms with Gasteiger partial charge in [-0.3, -0.25) is 0 Å². The fourth-order valence-electron chi connectivity index (χ4n) is 3.78. The van der Waals surface area contributed by atoms with Crippen LogP contribution in [-0.4, -0.2) is 61.6 Å². The maximum atomic E-state index is 13.6. The number of hydrogen-bond acceptors (Lipinski definition) is 5. The molecule has 0 aromatic carbocycles. The Labute approximate surface area is 243 Å². The zero-order valence-electron chi connectivity index (χ0n) is 24.1. The molecule has 1 N–H and O–H groups in total. The average Bonchev–Trinajstić information content (AvgIpc) is 2.86. The van der Waals surface area contributed by atoms with Gasteiger partial charge in [-0.05, 0) is 6.42 Å². The van der Waals surface area contributed by atoms with Crippen molar-refractivity contribution < 1.29 is 76.7 Å². The molecule has 0 saturated carbocycles. The van der Waals surface area contributed by atoms with Crippen LogP contribution in [0.5, 0.6) is 0 Å². The summed E-state index contributed by atoms with van der Waals surface area (Å²) in [5.74, 6) is 0. The molecule has 17 heteroatoms. The number of halogens is 12. The van der Waals surface area contributed by atoms with E-state index in [0.29, 0.717) is 6.42 Å². The average molecular weight is 663 g/mol. The quantitative estimate of drug-likeness (QED) is 0.0668. The molecule has 0 atom stereocenters. The van der Waals surface area contributed by atoms with Crippen LogP contribution >= 0.6 is 0 Å². The smallest absolute Gasteiger partial charge is 0.387 e. The summed E-state index contributed by atoms with van der Waals surface area (Å²) < 4.78 is 170. The van der Waals surface area contributed by atoms with Crippen molar-refractivity contribution >= 4 is 0 Å². The third kappa shape index (κ3) is 17.9.